The predicted octanol–water partition coefficient (Wildman–Crippen LogP) is 4.32. The second kappa shape index (κ2) is 6.20. The molecule has 0 saturated heterocycles. The number of hydrogen-bond acceptors (Lipinski definition) is 2. The Bertz CT molecular complexity index is 665. The minimum Gasteiger partial charge on any atom is -0.488 e. The first-order valence-electron chi connectivity index (χ1n) is 7.30. The van der Waals surface area contributed by atoms with E-state index in [1.165, 1.54) is 36.0 Å². The number of aliphatic hydroxyl groups excluding tert-OH is 1. The summed E-state index contributed by atoms with van der Waals surface area (Å²) in [5, 5.41) is 9.49. The van der Waals surface area contributed by atoms with Crippen LogP contribution in [0.4, 0.5) is 0 Å². The van der Waals surface area contributed by atoms with Crippen molar-refractivity contribution in [1.29, 1.82) is 0 Å². The first-order chi connectivity index (χ1) is 10.2. The van der Waals surface area contributed by atoms with Gasteiger partial charge in [-0.1, -0.05) is 34.1 Å². The van der Waals surface area contributed by atoms with E-state index in [1.807, 2.05) is 19.1 Å². The lowest BCUT2D eigenvalue weighted by Gasteiger charge is -2.14. The summed E-state index contributed by atoms with van der Waals surface area (Å²) in [6.07, 6.45) is 3.65. The van der Waals surface area contributed by atoms with Crippen LogP contribution in [0.1, 0.15) is 34.2 Å². The van der Waals surface area contributed by atoms with Crippen LogP contribution >= 0.6 is 15.9 Å². The Labute approximate surface area is 133 Å². The molecule has 0 bridgehead atoms. The van der Waals surface area contributed by atoms with Crippen LogP contribution in [-0.2, 0) is 26.1 Å². The van der Waals surface area contributed by atoms with Gasteiger partial charge in [0, 0.05) is 10.0 Å². The SMILES string of the molecule is Cc1cc(Br)cc(CO)c1OCc1ccc2c(c1)CCC2. The maximum Gasteiger partial charge on any atom is 0.128 e. The molecule has 0 spiro atoms. The number of ether oxygens (including phenoxy) is 1. The lowest BCUT2D eigenvalue weighted by Crippen LogP contribution is -2.01. The largest absolute Gasteiger partial charge is 0.488 e. The van der Waals surface area contributed by atoms with Crippen LogP contribution in [0.15, 0.2) is 34.8 Å². The summed E-state index contributed by atoms with van der Waals surface area (Å²) < 4.78 is 6.95. The molecule has 0 unspecified atom stereocenters. The number of halogens is 1. The Morgan fingerprint density at radius 1 is 1.14 bits per heavy atom. The van der Waals surface area contributed by atoms with Crippen LogP contribution in [0.2, 0.25) is 0 Å². The van der Waals surface area contributed by atoms with Gasteiger partial charge in [-0.05, 0) is 60.6 Å². The van der Waals surface area contributed by atoms with E-state index < -0.39 is 0 Å². The third kappa shape index (κ3) is 3.14. The molecule has 0 radical (unpaired) electrons. The van der Waals surface area contributed by atoms with Crippen LogP contribution in [0.5, 0.6) is 5.75 Å². The molecule has 0 aliphatic heterocycles. The number of benzene rings is 2. The highest BCUT2D eigenvalue weighted by atomic mass is 79.9. The summed E-state index contributed by atoms with van der Waals surface area (Å²) >= 11 is 3.45. The number of rotatable bonds is 4. The molecule has 0 amide bonds. The fourth-order valence-corrected chi connectivity index (χ4v) is 3.61. The van der Waals surface area contributed by atoms with Crippen molar-refractivity contribution < 1.29 is 9.84 Å². The number of aliphatic hydroxyl groups is 1. The maximum atomic E-state index is 9.49. The Hall–Kier alpha value is -1.32. The second-order valence-electron chi connectivity index (χ2n) is 5.61. The van der Waals surface area contributed by atoms with Gasteiger partial charge in [0.05, 0.1) is 6.61 Å². The third-order valence-electron chi connectivity index (χ3n) is 4.03. The zero-order valence-electron chi connectivity index (χ0n) is 12.2. The molecule has 1 aliphatic carbocycles. The average Bonchev–Trinajstić information content (AvgIpc) is 2.93. The molecule has 1 N–H and O–H groups in total. The first-order valence-corrected chi connectivity index (χ1v) is 8.10. The molecule has 0 saturated carbocycles. The molecular weight excluding hydrogens is 328 g/mol. The predicted molar refractivity (Wildman–Crippen MR) is 87.6 cm³/mol. The standard InChI is InChI=1S/C18H19BrO2/c1-12-7-17(19)9-16(10-20)18(12)21-11-13-5-6-14-3-2-4-15(14)8-13/h5-9,20H,2-4,10-11H2,1H3. The van der Waals surface area contributed by atoms with Crippen LogP contribution in [-0.4, -0.2) is 5.11 Å². The van der Waals surface area contributed by atoms with E-state index in [2.05, 4.69) is 34.1 Å². The summed E-state index contributed by atoms with van der Waals surface area (Å²) in [6, 6.07) is 10.6. The van der Waals surface area contributed by atoms with Crippen LogP contribution in [0.25, 0.3) is 0 Å². The molecular formula is C18H19BrO2. The molecule has 1 aliphatic rings. The van der Waals surface area contributed by atoms with E-state index in [0.717, 1.165) is 21.3 Å². The smallest absolute Gasteiger partial charge is 0.128 e. The Morgan fingerprint density at radius 2 is 1.95 bits per heavy atom. The van der Waals surface area contributed by atoms with Crippen molar-refractivity contribution in [2.24, 2.45) is 0 Å². The van der Waals surface area contributed by atoms with E-state index in [4.69, 9.17) is 4.74 Å². The minimum absolute atomic E-state index is 0.0141. The fraction of sp³-hybridized carbons (Fsp3) is 0.333. The maximum absolute atomic E-state index is 9.49. The summed E-state index contributed by atoms with van der Waals surface area (Å²) in [5.41, 5.74) is 6.00. The van der Waals surface area contributed by atoms with Crippen molar-refractivity contribution in [1.82, 2.24) is 0 Å². The normalized spacial score (nSPS) is 13.3. The van der Waals surface area contributed by atoms with Gasteiger partial charge < -0.3 is 9.84 Å². The van der Waals surface area contributed by atoms with E-state index >= 15 is 0 Å². The molecule has 3 rings (SSSR count). The van der Waals surface area contributed by atoms with Gasteiger partial charge in [-0.2, -0.15) is 0 Å². The van der Waals surface area contributed by atoms with Crippen molar-refractivity contribution in [2.45, 2.75) is 39.4 Å². The van der Waals surface area contributed by atoms with Crippen molar-refractivity contribution in [3.05, 3.63) is 62.6 Å². The van der Waals surface area contributed by atoms with Gasteiger partial charge in [-0.3, -0.25) is 0 Å². The van der Waals surface area contributed by atoms with Crippen LogP contribution < -0.4 is 4.74 Å². The molecule has 21 heavy (non-hydrogen) atoms. The van der Waals surface area contributed by atoms with E-state index in [0.29, 0.717) is 6.61 Å². The van der Waals surface area contributed by atoms with Crippen molar-refractivity contribution in [2.75, 3.05) is 0 Å². The quantitative estimate of drug-likeness (QED) is 0.893. The molecule has 0 heterocycles. The lowest BCUT2D eigenvalue weighted by atomic mass is 10.1. The molecule has 0 atom stereocenters. The number of fused-ring (bicyclic) bond motifs is 1. The summed E-state index contributed by atoms with van der Waals surface area (Å²) in [7, 11) is 0. The van der Waals surface area contributed by atoms with Crippen molar-refractivity contribution in [3.63, 3.8) is 0 Å². The molecule has 0 fully saturated rings. The van der Waals surface area contributed by atoms with Crippen LogP contribution in [0, 0.1) is 6.92 Å². The zero-order chi connectivity index (χ0) is 14.8. The van der Waals surface area contributed by atoms with Gasteiger partial charge in [0.1, 0.15) is 12.4 Å². The molecule has 0 aromatic heterocycles. The topological polar surface area (TPSA) is 29.5 Å². The summed E-state index contributed by atoms with van der Waals surface area (Å²) in [6.45, 7) is 2.53. The van der Waals surface area contributed by atoms with Crippen molar-refractivity contribution in [3.8, 4) is 5.75 Å². The first kappa shape index (κ1) is 14.6. The van der Waals surface area contributed by atoms with Crippen LogP contribution in [0.3, 0.4) is 0 Å². The highest BCUT2D eigenvalue weighted by Gasteiger charge is 2.12. The number of aryl methyl sites for hydroxylation is 3. The lowest BCUT2D eigenvalue weighted by molar-refractivity contribution is 0.258. The average molecular weight is 347 g/mol. The van der Waals surface area contributed by atoms with Crippen molar-refractivity contribution >= 4 is 15.9 Å². The third-order valence-corrected chi connectivity index (χ3v) is 4.49. The van der Waals surface area contributed by atoms with E-state index in [-0.39, 0.29) is 6.61 Å². The zero-order valence-corrected chi connectivity index (χ0v) is 13.7. The Kier molecular flexibility index (Phi) is 4.32. The van der Waals surface area contributed by atoms with Gasteiger partial charge in [-0.25, -0.2) is 0 Å². The van der Waals surface area contributed by atoms with E-state index in [1.54, 1.807) is 0 Å². The van der Waals surface area contributed by atoms with Gasteiger partial charge in [0.2, 0.25) is 0 Å². The highest BCUT2D eigenvalue weighted by Crippen LogP contribution is 2.29. The Balaban J connectivity index is 1.79. The molecule has 2 aromatic carbocycles. The van der Waals surface area contributed by atoms with Gasteiger partial charge in [-0.15, -0.1) is 0 Å². The summed E-state index contributed by atoms with van der Waals surface area (Å²) in [4.78, 5) is 0. The fourth-order valence-electron chi connectivity index (χ4n) is 2.99. The molecule has 110 valence electrons. The second-order valence-corrected chi connectivity index (χ2v) is 6.53. The Morgan fingerprint density at radius 3 is 2.76 bits per heavy atom. The van der Waals surface area contributed by atoms with Gasteiger partial charge in [0.15, 0.2) is 0 Å². The number of hydrogen-bond donors (Lipinski definition) is 1. The summed E-state index contributed by atoms with van der Waals surface area (Å²) in [5.74, 6) is 0.793. The van der Waals surface area contributed by atoms with Gasteiger partial charge >= 0.3 is 0 Å². The molecule has 2 aromatic rings. The minimum atomic E-state index is -0.0141. The van der Waals surface area contributed by atoms with E-state index in [9.17, 15) is 5.11 Å². The molecule has 3 heteroatoms. The highest BCUT2D eigenvalue weighted by molar-refractivity contribution is 9.10. The van der Waals surface area contributed by atoms with Gasteiger partial charge in [0.25, 0.3) is 0 Å². The monoisotopic (exact) mass is 346 g/mol. The molecule has 2 nitrogen and oxygen atoms in total.